The summed E-state index contributed by atoms with van der Waals surface area (Å²) in [5.41, 5.74) is 0.595. The largest absolute Gasteiger partial charge is 0.481 e. The van der Waals surface area contributed by atoms with Crippen LogP contribution >= 0.6 is 11.8 Å². The number of rotatable bonds is 5. The van der Waals surface area contributed by atoms with Crippen molar-refractivity contribution >= 4 is 29.5 Å². The van der Waals surface area contributed by atoms with Crippen LogP contribution in [0.4, 0.5) is 0 Å². The molecule has 0 radical (unpaired) electrons. The summed E-state index contributed by atoms with van der Waals surface area (Å²) >= 11 is 1.41. The van der Waals surface area contributed by atoms with Crippen LogP contribution in [0.1, 0.15) is 36.5 Å². The Bertz CT molecular complexity index is 718. The van der Waals surface area contributed by atoms with Gasteiger partial charge in [0, 0.05) is 31.1 Å². The van der Waals surface area contributed by atoms with Crippen LogP contribution < -0.4 is 0 Å². The number of piperidine rings is 1. The van der Waals surface area contributed by atoms with Gasteiger partial charge in [0.1, 0.15) is 0 Å². The van der Waals surface area contributed by atoms with Crippen LogP contribution in [-0.4, -0.2) is 64.6 Å². The molecular formula is C20H26N2O4S. The molecule has 1 aromatic carbocycles. The SMILES string of the molecule is CC1CN(C(=O)c2ccccc2SCC(=O)N2CCCC2)CCC1C(=O)O. The van der Waals surface area contributed by atoms with Crippen LogP contribution in [-0.2, 0) is 9.59 Å². The minimum Gasteiger partial charge on any atom is -0.481 e. The van der Waals surface area contributed by atoms with E-state index in [-0.39, 0.29) is 17.7 Å². The predicted molar refractivity (Wildman–Crippen MR) is 104 cm³/mol. The highest BCUT2D eigenvalue weighted by Crippen LogP contribution is 2.28. The summed E-state index contributed by atoms with van der Waals surface area (Å²) in [4.78, 5) is 41.0. The fourth-order valence-electron chi connectivity index (χ4n) is 3.83. The highest BCUT2D eigenvalue weighted by atomic mass is 32.2. The normalized spacial score (nSPS) is 22.7. The molecule has 0 bridgehead atoms. The summed E-state index contributed by atoms with van der Waals surface area (Å²) in [6, 6.07) is 7.37. The second kappa shape index (κ2) is 8.78. The van der Waals surface area contributed by atoms with Gasteiger partial charge in [-0.1, -0.05) is 19.1 Å². The minimum atomic E-state index is -0.786. The van der Waals surface area contributed by atoms with E-state index in [0.717, 1.165) is 30.8 Å². The van der Waals surface area contributed by atoms with Crippen molar-refractivity contribution in [3.05, 3.63) is 29.8 Å². The number of carbonyl (C=O) groups is 3. The second-order valence-electron chi connectivity index (χ2n) is 7.33. The van der Waals surface area contributed by atoms with Crippen LogP contribution in [0.5, 0.6) is 0 Å². The van der Waals surface area contributed by atoms with E-state index in [9.17, 15) is 19.5 Å². The number of amides is 2. The maximum atomic E-state index is 13.0. The summed E-state index contributed by atoms with van der Waals surface area (Å²) in [7, 11) is 0. The quantitative estimate of drug-likeness (QED) is 0.782. The van der Waals surface area contributed by atoms with Crippen LogP contribution in [0.25, 0.3) is 0 Å². The van der Waals surface area contributed by atoms with Crippen molar-refractivity contribution in [3.8, 4) is 0 Å². The van der Waals surface area contributed by atoms with Gasteiger partial charge in [-0.05, 0) is 37.3 Å². The molecule has 7 heteroatoms. The summed E-state index contributed by atoms with van der Waals surface area (Å²) in [6.45, 7) is 4.44. The number of likely N-dealkylation sites (tertiary alicyclic amines) is 2. The summed E-state index contributed by atoms with van der Waals surface area (Å²) in [5, 5.41) is 9.26. The summed E-state index contributed by atoms with van der Waals surface area (Å²) in [5.74, 6) is -0.876. The number of carbonyl (C=O) groups excluding carboxylic acids is 2. The van der Waals surface area contributed by atoms with Gasteiger partial charge in [0.15, 0.2) is 0 Å². The maximum Gasteiger partial charge on any atom is 0.306 e. The van der Waals surface area contributed by atoms with Crippen LogP contribution in [0.2, 0.25) is 0 Å². The van der Waals surface area contributed by atoms with E-state index in [2.05, 4.69) is 0 Å². The Morgan fingerprint density at radius 1 is 1.11 bits per heavy atom. The summed E-state index contributed by atoms with van der Waals surface area (Å²) in [6.07, 6.45) is 2.61. The zero-order valence-corrected chi connectivity index (χ0v) is 16.4. The van der Waals surface area contributed by atoms with Crippen LogP contribution in [0.15, 0.2) is 29.2 Å². The van der Waals surface area contributed by atoms with Gasteiger partial charge < -0.3 is 14.9 Å². The number of thioether (sulfide) groups is 1. The molecule has 2 unspecified atom stereocenters. The first-order valence-electron chi connectivity index (χ1n) is 9.49. The number of hydrogen-bond donors (Lipinski definition) is 1. The Balaban J connectivity index is 1.65. The molecule has 3 rings (SSSR count). The van der Waals surface area contributed by atoms with E-state index in [1.807, 2.05) is 30.0 Å². The zero-order valence-electron chi connectivity index (χ0n) is 15.6. The van der Waals surface area contributed by atoms with Crippen molar-refractivity contribution in [3.63, 3.8) is 0 Å². The van der Waals surface area contributed by atoms with Gasteiger partial charge in [0.25, 0.3) is 5.91 Å². The fraction of sp³-hybridized carbons (Fsp3) is 0.550. The Morgan fingerprint density at radius 3 is 2.48 bits per heavy atom. The van der Waals surface area contributed by atoms with E-state index < -0.39 is 11.9 Å². The smallest absolute Gasteiger partial charge is 0.306 e. The van der Waals surface area contributed by atoms with E-state index >= 15 is 0 Å². The van der Waals surface area contributed by atoms with E-state index in [4.69, 9.17) is 0 Å². The second-order valence-corrected chi connectivity index (χ2v) is 8.35. The molecule has 27 heavy (non-hydrogen) atoms. The van der Waals surface area contributed by atoms with Crippen LogP contribution in [0, 0.1) is 11.8 Å². The molecule has 2 aliphatic rings. The standard InChI is InChI=1S/C20H26N2O4S/c1-14-12-22(11-8-15(14)20(25)26)19(24)16-6-2-3-7-17(16)27-13-18(23)21-9-4-5-10-21/h2-3,6-7,14-15H,4-5,8-13H2,1H3,(H,25,26). The van der Waals surface area contributed by atoms with Crippen molar-refractivity contribution in [1.29, 1.82) is 0 Å². The lowest BCUT2D eigenvalue weighted by atomic mass is 9.87. The van der Waals surface area contributed by atoms with Gasteiger partial charge in [0.05, 0.1) is 17.2 Å². The van der Waals surface area contributed by atoms with Gasteiger partial charge in [-0.25, -0.2) is 0 Å². The van der Waals surface area contributed by atoms with Gasteiger partial charge in [-0.3, -0.25) is 14.4 Å². The fourth-order valence-corrected chi connectivity index (χ4v) is 4.78. The van der Waals surface area contributed by atoms with Crippen molar-refractivity contribution in [2.75, 3.05) is 31.9 Å². The first-order valence-corrected chi connectivity index (χ1v) is 10.5. The molecule has 2 fully saturated rings. The lowest BCUT2D eigenvalue weighted by Crippen LogP contribution is -2.45. The molecule has 0 aliphatic carbocycles. The third-order valence-corrected chi connectivity index (χ3v) is 6.50. The molecule has 2 aliphatic heterocycles. The van der Waals surface area contributed by atoms with Gasteiger partial charge >= 0.3 is 5.97 Å². The van der Waals surface area contributed by atoms with E-state index in [0.29, 0.717) is 30.8 Å². The van der Waals surface area contributed by atoms with Crippen LogP contribution in [0.3, 0.4) is 0 Å². The van der Waals surface area contributed by atoms with E-state index in [1.165, 1.54) is 11.8 Å². The summed E-state index contributed by atoms with van der Waals surface area (Å²) < 4.78 is 0. The predicted octanol–water partition coefficient (Wildman–Crippen LogP) is 2.58. The van der Waals surface area contributed by atoms with Gasteiger partial charge in [-0.2, -0.15) is 0 Å². The molecule has 146 valence electrons. The van der Waals surface area contributed by atoms with Crippen molar-refractivity contribution in [1.82, 2.24) is 9.80 Å². The monoisotopic (exact) mass is 390 g/mol. The molecule has 0 saturated carbocycles. The van der Waals surface area contributed by atoms with Gasteiger partial charge in [0.2, 0.25) is 5.91 Å². The Kier molecular flexibility index (Phi) is 6.42. The Labute approximate surface area is 163 Å². The molecule has 6 nitrogen and oxygen atoms in total. The highest BCUT2D eigenvalue weighted by Gasteiger charge is 2.33. The number of hydrogen-bond acceptors (Lipinski definition) is 4. The first kappa shape index (κ1) is 19.7. The lowest BCUT2D eigenvalue weighted by Gasteiger charge is -2.35. The Hall–Kier alpha value is -2.02. The average molecular weight is 391 g/mol. The molecular weight excluding hydrogens is 364 g/mol. The van der Waals surface area contributed by atoms with E-state index in [1.54, 1.807) is 11.0 Å². The van der Waals surface area contributed by atoms with Crippen molar-refractivity contribution in [2.45, 2.75) is 31.1 Å². The molecule has 2 heterocycles. The first-order chi connectivity index (χ1) is 13.0. The number of aliphatic carboxylic acids is 1. The Morgan fingerprint density at radius 2 is 1.81 bits per heavy atom. The number of benzene rings is 1. The van der Waals surface area contributed by atoms with Crippen molar-refractivity contribution in [2.24, 2.45) is 11.8 Å². The molecule has 2 amide bonds. The molecule has 0 aromatic heterocycles. The molecule has 1 N–H and O–H groups in total. The average Bonchev–Trinajstić information content (AvgIpc) is 3.20. The van der Waals surface area contributed by atoms with Gasteiger partial charge in [-0.15, -0.1) is 11.8 Å². The number of carboxylic acids is 1. The zero-order chi connectivity index (χ0) is 19.4. The minimum absolute atomic E-state index is 0.0724. The third-order valence-electron chi connectivity index (χ3n) is 5.44. The number of nitrogens with zero attached hydrogens (tertiary/aromatic N) is 2. The topological polar surface area (TPSA) is 77.9 Å². The molecule has 1 aromatic rings. The lowest BCUT2D eigenvalue weighted by molar-refractivity contribution is -0.145. The third kappa shape index (κ3) is 4.64. The molecule has 2 saturated heterocycles. The molecule has 0 spiro atoms. The number of carboxylic acid groups (broad SMARTS) is 1. The highest BCUT2D eigenvalue weighted by molar-refractivity contribution is 8.00. The maximum absolute atomic E-state index is 13.0. The molecule has 2 atom stereocenters. The van der Waals surface area contributed by atoms with Crippen molar-refractivity contribution < 1.29 is 19.5 Å².